The van der Waals surface area contributed by atoms with E-state index in [1.165, 1.54) is 25.0 Å². The van der Waals surface area contributed by atoms with Gasteiger partial charge in [0, 0.05) is 25.0 Å². The van der Waals surface area contributed by atoms with Crippen LogP contribution in [-0.4, -0.2) is 27.3 Å². The molecule has 114 valence electrons. The number of hydrogen-bond acceptors (Lipinski definition) is 3. The van der Waals surface area contributed by atoms with Crippen molar-refractivity contribution in [1.29, 1.82) is 5.26 Å². The van der Waals surface area contributed by atoms with E-state index in [1.807, 2.05) is 16.9 Å². The molecule has 22 heavy (non-hydrogen) atoms. The number of aromatic nitrogens is 2. The zero-order chi connectivity index (χ0) is 15.4. The second kappa shape index (κ2) is 6.71. The van der Waals surface area contributed by atoms with Crippen LogP contribution in [0.15, 0.2) is 36.7 Å². The van der Waals surface area contributed by atoms with Crippen molar-refractivity contribution in [1.82, 2.24) is 14.7 Å². The summed E-state index contributed by atoms with van der Waals surface area (Å²) in [5, 5.41) is 13.5. The predicted molar refractivity (Wildman–Crippen MR) is 81.4 cm³/mol. The fraction of sp³-hybridized carbons (Fsp3) is 0.412. The van der Waals surface area contributed by atoms with E-state index in [0.29, 0.717) is 18.2 Å². The van der Waals surface area contributed by atoms with E-state index >= 15 is 0 Å². The molecule has 3 rings (SSSR count). The van der Waals surface area contributed by atoms with Gasteiger partial charge in [-0.2, -0.15) is 10.4 Å². The van der Waals surface area contributed by atoms with Crippen molar-refractivity contribution in [3.05, 3.63) is 53.6 Å². The van der Waals surface area contributed by atoms with Gasteiger partial charge in [-0.3, -0.25) is 9.58 Å². The first-order chi connectivity index (χ1) is 10.8. The normalized spacial score (nSPS) is 19.0. The molecule has 0 amide bonds. The number of nitrogens with zero attached hydrogens (tertiary/aromatic N) is 4. The fourth-order valence-electron chi connectivity index (χ4n) is 3.11. The van der Waals surface area contributed by atoms with Gasteiger partial charge in [-0.25, -0.2) is 4.39 Å². The van der Waals surface area contributed by atoms with Crippen LogP contribution in [-0.2, 0) is 13.1 Å². The molecule has 0 bridgehead atoms. The number of nitriles is 1. The van der Waals surface area contributed by atoms with Crippen LogP contribution in [0.4, 0.5) is 4.39 Å². The molecule has 0 aliphatic carbocycles. The van der Waals surface area contributed by atoms with Gasteiger partial charge in [0.15, 0.2) is 0 Å². The molecular weight excluding hydrogens is 279 g/mol. The average molecular weight is 298 g/mol. The molecule has 4 nitrogen and oxygen atoms in total. The van der Waals surface area contributed by atoms with Gasteiger partial charge in [0.25, 0.3) is 0 Å². The van der Waals surface area contributed by atoms with E-state index in [4.69, 9.17) is 0 Å². The third-order valence-electron chi connectivity index (χ3n) is 4.27. The Hall–Kier alpha value is -2.19. The molecule has 1 fully saturated rings. The fourth-order valence-corrected chi connectivity index (χ4v) is 3.11. The summed E-state index contributed by atoms with van der Waals surface area (Å²) in [4.78, 5) is 2.39. The molecule has 1 aliphatic heterocycles. The lowest BCUT2D eigenvalue weighted by Crippen LogP contribution is -2.41. The number of likely N-dealkylation sites (tertiary alicyclic amines) is 1. The molecule has 1 atom stereocenters. The van der Waals surface area contributed by atoms with Gasteiger partial charge in [-0.1, -0.05) is 12.5 Å². The Kier molecular flexibility index (Phi) is 4.50. The predicted octanol–water partition coefficient (Wildman–Crippen LogP) is 2.95. The molecule has 2 aromatic rings. The SMILES string of the molecule is N#Cc1cc(F)ccc1CN1CCCC[C@@H]1Cn1cccn1. The minimum atomic E-state index is -0.355. The van der Waals surface area contributed by atoms with Crippen LogP contribution >= 0.6 is 0 Å². The number of rotatable bonds is 4. The second-order valence-corrected chi connectivity index (χ2v) is 5.76. The minimum absolute atomic E-state index is 0.355. The highest BCUT2D eigenvalue weighted by Crippen LogP contribution is 2.22. The first kappa shape index (κ1) is 14.7. The van der Waals surface area contributed by atoms with Gasteiger partial charge >= 0.3 is 0 Å². The molecule has 1 aromatic carbocycles. The van der Waals surface area contributed by atoms with E-state index in [0.717, 1.165) is 25.1 Å². The average Bonchev–Trinajstić information content (AvgIpc) is 3.04. The molecule has 0 saturated carbocycles. The molecule has 2 heterocycles. The van der Waals surface area contributed by atoms with Crippen LogP contribution in [0.2, 0.25) is 0 Å². The number of piperidine rings is 1. The van der Waals surface area contributed by atoms with Crippen LogP contribution in [0, 0.1) is 17.1 Å². The van der Waals surface area contributed by atoms with Crippen molar-refractivity contribution in [3.63, 3.8) is 0 Å². The van der Waals surface area contributed by atoms with Gasteiger partial charge in [-0.15, -0.1) is 0 Å². The summed E-state index contributed by atoms with van der Waals surface area (Å²) in [6.45, 7) is 2.55. The maximum atomic E-state index is 13.3. The summed E-state index contributed by atoms with van der Waals surface area (Å²) in [7, 11) is 0. The Morgan fingerprint density at radius 1 is 1.36 bits per heavy atom. The first-order valence-electron chi connectivity index (χ1n) is 7.66. The zero-order valence-electron chi connectivity index (χ0n) is 12.5. The maximum absolute atomic E-state index is 13.3. The highest BCUT2D eigenvalue weighted by molar-refractivity contribution is 5.37. The highest BCUT2D eigenvalue weighted by Gasteiger charge is 2.23. The molecule has 0 spiro atoms. The van der Waals surface area contributed by atoms with Crippen molar-refractivity contribution < 1.29 is 4.39 Å². The Balaban J connectivity index is 1.75. The van der Waals surface area contributed by atoms with Gasteiger partial charge in [-0.05, 0) is 43.1 Å². The number of hydrogen-bond donors (Lipinski definition) is 0. The molecular formula is C17H19FN4. The quantitative estimate of drug-likeness (QED) is 0.871. The van der Waals surface area contributed by atoms with Crippen LogP contribution in [0.3, 0.4) is 0 Å². The van der Waals surface area contributed by atoms with Crippen molar-refractivity contribution in [3.8, 4) is 6.07 Å². The Morgan fingerprint density at radius 3 is 3.05 bits per heavy atom. The topological polar surface area (TPSA) is 44.9 Å². The van der Waals surface area contributed by atoms with Crippen molar-refractivity contribution in [2.24, 2.45) is 0 Å². The smallest absolute Gasteiger partial charge is 0.124 e. The van der Waals surface area contributed by atoms with Crippen LogP contribution < -0.4 is 0 Å². The third kappa shape index (κ3) is 3.34. The Labute approximate surface area is 129 Å². The molecule has 0 radical (unpaired) electrons. The second-order valence-electron chi connectivity index (χ2n) is 5.76. The lowest BCUT2D eigenvalue weighted by atomic mass is 10.00. The first-order valence-corrected chi connectivity index (χ1v) is 7.66. The maximum Gasteiger partial charge on any atom is 0.124 e. The van der Waals surface area contributed by atoms with E-state index < -0.39 is 0 Å². The monoisotopic (exact) mass is 298 g/mol. The van der Waals surface area contributed by atoms with Gasteiger partial charge in [0.1, 0.15) is 5.82 Å². The van der Waals surface area contributed by atoms with E-state index in [9.17, 15) is 9.65 Å². The molecule has 1 aromatic heterocycles. The van der Waals surface area contributed by atoms with Crippen molar-refractivity contribution in [2.75, 3.05) is 6.54 Å². The van der Waals surface area contributed by atoms with E-state index in [-0.39, 0.29) is 5.82 Å². The Bertz CT molecular complexity index is 660. The van der Waals surface area contributed by atoms with Crippen LogP contribution in [0.25, 0.3) is 0 Å². The summed E-state index contributed by atoms with van der Waals surface area (Å²) in [6.07, 6.45) is 7.28. The van der Waals surface area contributed by atoms with Gasteiger partial charge in [0.2, 0.25) is 0 Å². The summed E-state index contributed by atoms with van der Waals surface area (Å²) < 4.78 is 15.2. The molecule has 0 unspecified atom stereocenters. The summed E-state index contributed by atoms with van der Waals surface area (Å²) in [5.41, 5.74) is 1.33. The Morgan fingerprint density at radius 2 is 2.27 bits per heavy atom. The third-order valence-corrected chi connectivity index (χ3v) is 4.27. The minimum Gasteiger partial charge on any atom is -0.294 e. The summed E-state index contributed by atoms with van der Waals surface area (Å²) in [5.74, 6) is -0.355. The molecule has 1 saturated heterocycles. The van der Waals surface area contributed by atoms with Crippen LogP contribution in [0.5, 0.6) is 0 Å². The van der Waals surface area contributed by atoms with E-state index in [1.54, 1.807) is 12.3 Å². The van der Waals surface area contributed by atoms with Gasteiger partial charge < -0.3 is 0 Å². The molecule has 1 aliphatic rings. The summed E-state index contributed by atoms with van der Waals surface area (Å²) >= 11 is 0. The number of benzene rings is 1. The summed E-state index contributed by atoms with van der Waals surface area (Å²) in [6, 6.07) is 8.93. The molecule has 0 N–H and O–H groups in total. The van der Waals surface area contributed by atoms with E-state index in [2.05, 4.69) is 16.1 Å². The van der Waals surface area contributed by atoms with Crippen molar-refractivity contribution >= 4 is 0 Å². The largest absolute Gasteiger partial charge is 0.294 e. The standard InChI is InChI=1S/C17H19FN4/c18-16-6-5-14(15(10-16)11-19)12-21-8-2-1-4-17(21)13-22-9-3-7-20-22/h3,5-7,9-10,17H,1-2,4,8,12-13H2/t17-/m1/s1. The van der Waals surface area contributed by atoms with Crippen molar-refractivity contribution in [2.45, 2.75) is 38.4 Å². The highest BCUT2D eigenvalue weighted by atomic mass is 19.1. The lowest BCUT2D eigenvalue weighted by molar-refractivity contribution is 0.122. The van der Waals surface area contributed by atoms with Gasteiger partial charge in [0.05, 0.1) is 18.2 Å². The zero-order valence-corrected chi connectivity index (χ0v) is 12.5. The molecule has 5 heteroatoms. The lowest BCUT2D eigenvalue weighted by Gasteiger charge is -2.35. The number of halogens is 1. The van der Waals surface area contributed by atoms with Crippen LogP contribution in [0.1, 0.15) is 30.4 Å².